The Morgan fingerprint density at radius 1 is 1.33 bits per heavy atom. The van der Waals surface area contributed by atoms with Crippen molar-refractivity contribution in [1.82, 2.24) is 5.32 Å². The number of nitrogens with one attached hydrogen (secondary N) is 1. The van der Waals surface area contributed by atoms with Gasteiger partial charge in [-0.2, -0.15) is 0 Å². The van der Waals surface area contributed by atoms with Crippen LogP contribution in [-0.2, 0) is 4.79 Å². The fraction of sp³-hybridized carbons (Fsp3) is 0.111. The molecule has 3 nitrogen and oxygen atoms in total. The second-order valence-electron chi connectivity index (χ2n) is 2.63. The van der Waals surface area contributed by atoms with Gasteiger partial charge in [0.2, 0.25) is 0 Å². The van der Waals surface area contributed by atoms with Crippen molar-refractivity contribution >= 4 is 80.0 Å². The molecule has 0 saturated heterocycles. The minimum absolute atomic E-state index is 0.0525. The lowest BCUT2D eigenvalue weighted by molar-refractivity contribution is -0.107. The highest BCUT2D eigenvalue weighted by Crippen LogP contribution is 2.22. The third kappa shape index (κ3) is 3.80. The van der Waals surface area contributed by atoms with Gasteiger partial charge in [0, 0.05) is 10.7 Å². The fourth-order valence-electron chi connectivity index (χ4n) is 0.951. The molecule has 1 aromatic rings. The molecule has 1 rings (SSSR count). The molecule has 1 aromatic carbocycles. The summed E-state index contributed by atoms with van der Waals surface area (Å²) in [6, 6.07) is 3.81. The number of halogens is 3. The smallest absolute Gasteiger partial charge is 0.252 e. The number of benzene rings is 1. The molecule has 0 fully saturated rings. The van der Waals surface area contributed by atoms with Crippen molar-refractivity contribution in [1.29, 1.82) is 0 Å². The maximum absolute atomic E-state index is 11.6. The van der Waals surface area contributed by atoms with Gasteiger partial charge in [0.25, 0.3) is 5.91 Å². The van der Waals surface area contributed by atoms with E-state index in [0.717, 1.165) is 10.7 Å². The summed E-state index contributed by atoms with van der Waals surface area (Å²) in [5.41, 5.74) is 0.619. The van der Waals surface area contributed by atoms with Crippen molar-refractivity contribution in [3.63, 3.8) is 0 Å². The van der Waals surface area contributed by atoms with Crippen molar-refractivity contribution in [3.8, 4) is 0 Å². The van der Waals surface area contributed by atoms with E-state index in [4.69, 9.17) is 0 Å². The average Bonchev–Trinajstić information content (AvgIpc) is 2.19. The quantitative estimate of drug-likeness (QED) is 0.364. The first kappa shape index (κ1) is 13.6. The van der Waals surface area contributed by atoms with Gasteiger partial charge in [0.05, 0.1) is 12.1 Å². The van der Waals surface area contributed by atoms with Crippen LogP contribution in [-0.4, -0.2) is 18.7 Å². The van der Waals surface area contributed by atoms with Gasteiger partial charge in [0.15, 0.2) is 0 Å². The summed E-state index contributed by atoms with van der Waals surface area (Å²) >= 11 is 6.47. The number of aldehydes is 1. The van der Waals surface area contributed by atoms with Crippen LogP contribution in [0.1, 0.15) is 10.4 Å². The molecular weight excluding hydrogens is 535 g/mol. The third-order valence-electron chi connectivity index (χ3n) is 1.58. The second kappa shape index (κ2) is 6.33. The van der Waals surface area contributed by atoms with Gasteiger partial charge >= 0.3 is 0 Å². The predicted octanol–water partition coefficient (Wildman–Crippen LogP) is 2.43. The van der Waals surface area contributed by atoms with E-state index in [1.807, 2.05) is 12.1 Å². The molecule has 0 aromatic heterocycles. The van der Waals surface area contributed by atoms with Gasteiger partial charge < -0.3 is 10.1 Å². The van der Waals surface area contributed by atoms with Gasteiger partial charge in [-0.05, 0) is 79.9 Å². The minimum atomic E-state index is -0.206. The van der Waals surface area contributed by atoms with Crippen molar-refractivity contribution in [3.05, 3.63) is 28.4 Å². The summed E-state index contributed by atoms with van der Waals surface area (Å²) in [5.74, 6) is -0.206. The van der Waals surface area contributed by atoms with E-state index < -0.39 is 0 Å². The van der Waals surface area contributed by atoms with E-state index >= 15 is 0 Å². The van der Waals surface area contributed by atoms with Crippen molar-refractivity contribution in [2.75, 3.05) is 6.54 Å². The number of hydrogen-bond acceptors (Lipinski definition) is 2. The maximum atomic E-state index is 11.6. The van der Waals surface area contributed by atoms with E-state index in [-0.39, 0.29) is 12.5 Å². The number of carbonyl (C=O) groups excluding carboxylic acids is 2. The molecular formula is C9H6I3NO2. The number of hydrogen-bond donors (Lipinski definition) is 1. The second-order valence-corrected chi connectivity index (χ2v) is 6.11. The Balaban J connectivity index is 3.02. The summed E-state index contributed by atoms with van der Waals surface area (Å²) in [7, 11) is 0. The summed E-state index contributed by atoms with van der Waals surface area (Å²) in [5, 5.41) is 2.53. The first-order valence-electron chi connectivity index (χ1n) is 3.92. The molecule has 0 aliphatic carbocycles. The van der Waals surface area contributed by atoms with E-state index in [2.05, 4.69) is 73.1 Å². The lowest BCUT2D eigenvalue weighted by atomic mass is 10.2. The Bertz CT molecular complexity index is 407. The van der Waals surface area contributed by atoms with Gasteiger partial charge in [0.1, 0.15) is 6.29 Å². The highest BCUT2D eigenvalue weighted by molar-refractivity contribution is 14.1. The molecule has 1 N–H and O–H groups in total. The van der Waals surface area contributed by atoms with Crippen LogP contribution in [0.3, 0.4) is 0 Å². The SMILES string of the molecule is O=CCNC(=O)c1cc(I)cc(I)c1I. The molecule has 80 valence electrons. The number of carbonyl (C=O) groups is 2. The molecule has 6 heteroatoms. The molecule has 0 radical (unpaired) electrons. The number of rotatable bonds is 3. The van der Waals surface area contributed by atoms with Crippen LogP contribution in [0.25, 0.3) is 0 Å². The van der Waals surface area contributed by atoms with E-state index in [9.17, 15) is 9.59 Å². The Morgan fingerprint density at radius 2 is 2.00 bits per heavy atom. The van der Waals surface area contributed by atoms with Crippen LogP contribution in [0, 0.1) is 10.7 Å². The predicted molar refractivity (Wildman–Crippen MR) is 83.0 cm³/mol. The first-order valence-corrected chi connectivity index (χ1v) is 7.16. The lowest BCUT2D eigenvalue weighted by Crippen LogP contribution is -2.26. The van der Waals surface area contributed by atoms with E-state index in [1.165, 1.54) is 0 Å². The molecule has 0 bridgehead atoms. The zero-order valence-corrected chi connectivity index (χ0v) is 13.9. The molecule has 0 aliphatic heterocycles. The fourth-order valence-corrected chi connectivity index (χ4v) is 3.35. The van der Waals surface area contributed by atoms with Crippen LogP contribution in [0.2, 0.25) is 0 Å². The van der Waals surface area contributed by atoms with E-state index in [0.29, 0.717) is 11.8 Å². The molecule has 0 spiro atoms. The zero-order valence-electron chi connectivity index (χ0n) is 7.39. The molecule has 1 amide bonds. The van der Waals surface area contributed by atoms with Crippen molar-refractivity contribution < 1.29 is 9.59 Å². The zero-order chi connectivity index (χ0) is 11.4. The minimum Gasteiger partial charge on any atom is -0.345 e. The lowest BCUT2D eigenvalue weighted by Gasteiger charge is -2.06. The summed E-state index contributed by atoms with van der Waals surface area (Å²) in [4.78, 5) is 21.8. The van der Waals surface area contributed by atoms with Gasteiger partial charge in [-0.1, -0.05) is 0 Å². The molecule has 0 atom stereocenters. The molecule has 0 aliphatic rings. The monoisotopic (exact) mass is 541 g/mol. The Kier molecular flexibility index (Phi) is 5.74. The van der Waals surface area contributed by atoms with Gasteiger partial charge in [-0.3, -0.25) is 4.79 Å². The first-order chi connectivity index (χ1) is 7.06. The Morgan fingerprint density at radius 3 is 2.60 bits per heavy atom. The van der Waals surface area contributed by atoms with E-state index in [1.54, 1.807) is 0 Å². The number of amides is 1. The Hall–Kier alpha value is 0.550. The largest absolute Gasteiger partial charge is 0.345 e. The normalized spacial score (nSPS) is 9.80. The molecule has 0 heterocycles. The topological polar surface area (TPSA) is 46.2 Å². The van der Waals surface area contributed by atoms with Crippen LogP contribution >= 0.6 is 67.8 Å². The van der Waals surface area contributed by atoms with Gasteiger partial charge in [-0.15, -0.1) is 0 Å². The van der Waals surface area contributed by atoms with Crippen molar-refractivity contribution in [2.45, 2.75) is 0 Å². The maximum Gasteiger partial charge on any atom is 0.252 e. The molecule has 0 unspecified atom stereocenters. The van der Waals surface area contributed by atoms with Crippen molar-refractivity contribution in [2.24, 2.45) is 0 Å². The van der Waals surface area contributed by atoms with Crippen LogP contribution in [0.15, 0.2) is 12.1 Å². The Labute approximate surface area is 128 Å². The summed E-state index contributed by atoms with van der Waals surface area (Å²) in [6.07, 6.45) is 0.670. The third-order valence-corrected chi connectivity index (χ3v) is 5.25. The highest BCUT2D eigenvalue weighted by atomic mass is 127. The van der Waals surface area contributed by atoms with Crippen LogP contribution in [0.4, 0.5) is 0 Å². The summed E-state index contributed by atoms with van der Waals surface area (Å²) < 4.78 is 2.96. The standard InChI is InChI=1S/C9H6I3NO2/c10-5-3-6(8(12)7(11)4-5)9(15)13-1-2-14/h2-4H,1H2,(H,13,15). The highest BCUT2D eigenvalue weighted by Gasteiger charge is 2.12. The van der Waals surface area contributed by atoms with Gasteiger partial charge in [-0.25, -0.2) is 0 Å². The molecule has 0 saturated carbocycles. The van der Waals surface area contributed by atoms with Crippen LogP contribution < -0.4 is 5.32 Å². The average molecular weight is 541 g/mol. The summed E-state index contributed by atoms with van der Waals surface area (Å²) in [6.45, 7) is 0.0525. The van der Waals surface area contributed by atoms with Crippen LogP contribution in [0.5, 0.6) is 0 Å². The molecule has 15 heavy (non-hydrogen) atoms.